The van der Waals surface area contributed by atoms with Gasteiger partial charge in [-0.05, 0) is 12.1 Å². The van der Waals surface area contributed by atoms with Gasteiger partial charge in [0.05, 0.1) is 18.2 Å². The lowest BCUT2D eigenvalue weighted by Crippen LogP contribution is -2.35. The van der Waals surface area contributed by atoms with Gasteiger partial charge in [0.25, 0.3) is 5.91 Å². The van der Waals surface area contributed by atoms with E-state index in [1.165, 1.54) is 19.2 Å². The molecule has 106 valence electrons. The molecule has 0 bridgehead atoms. The van der Waals surface area contributed by atoms with Crippen LogP contribution in [0.4, 0.5) is 0 Å². The molecule has 1 aliphatic rings. The highest BCUT2D eigenvalue weighted by Crippen LogP contribution is 2.19. The zero-order valence-corrected chi connectivity index (χ0v) is 10.7. The average molecular weight is 279 g/mol. The molecule has 1 aromatic carbocycles. The Balaban J connectivity index is 2.21. The van der Waals surface area contributed by atoms with E-state index in [1.54, 1.807) is 12.1 Å². The molecule has 1 saturated heterocycles. The Hall–Kier alpha value is -2.41. The smallest absolute Gasteiger partial charge is 0.364 e. The fourth-order valence-electron chi connectivity index (χ4n) is 1.85. The van der Waals surface area contributed by atoms with Gasteiger partial charge < -0.3 is 14.7 Å². The topological polar surface area (TPSA) is 93.1 Å². The SMILES string of the molecule is COC(=O)c1ccccc1C(=O)ON1C(=O)CCC1O. The third-order valence-electron chi connectivity index (χ3n) is 2.87. The molecule has 2 rings (SSSR count). The van der Waals surface area contributed by atoms with Crippen LogP contribution in [0.1, 0.15) is 33.6 Å². The lowest BCUT2D eigenvalue weighted by Gasteiger charge is -2.19. The molecule has 1 unspecified atom stereocenters. The van der Waals surface area contributed by atoms with Gasteiger partial charge in [0.15, 0.2) is 6.23 Å². The molecule has 20 heavy (non-hydrogen) atoms. The predicted molar refractivity (Wildman–Crippen MR) is 65.3 cm³/mol. The molecule has 1 aliphatic heterocycles. The molecule has 0 spiro atoms. The van der Waals surface area contributed by atoms with E-state index < -0.39 is 24.1 Å². The van der Waals surface area contributed by atoms with E-state index in [0.29, 0.717) is 5.06 Å². The molecule has 0 saturated carbocycles. The van der Waals surface area contributed by atoms with Crippen LogP contribution in [0.15, 0.2) is 24.3 Å². The van der Waals surface area contributed by atoms with Crippen molar-refractivity contribution in [1.29, 1.82) is 0 Å². The molecule has 7 heteroatoms. The molecule has 1 aromatic rings. The maximum absolute atomic E-state index is 12.0. The van der Waals surface area contributed by atoms with Gasteiger partial charge in [-0.1, -0.05) is 12.1 Å². The Morgan fingerprint density at radius 3 is 2.35 bits per heavy atom. The summed E-state index contributed by atoms with van der Waals surface area (Å²) in [5, 5.41) is 10.1. The molecule has 1 heterocycles. The molecule has 0 radical (unpaired) electrons. The normalized spacial score (nSPS) is 18.0. The van der Waals surface area contributed by atoms with E-state index in [4.69, 9.17) is 4.84 Å². The number of carbonyl (C=O) groups is 3. The van der Waals surface area contributed by atoms with Gasteiger partial charge in [-0.2, -0.15) is 0 Å². The van der Waals surface area contributed by atoms with Gasteiger partial charge in [0, 0.05) is 12.8 Å². The molecule has 0 aromatic heterocycles. The third-order valence-corrected chi connectivity index (χ3v) is 2.87. The first kappa shape index (κ1) is 14.0. The summed E-state index contributed by atoms with van der Waals surface area (Å²) in [5.74, 6) is -2.08. The number of methoxy groups -OCH3 is 1. The van der Waals surface area contributed by atoms with E-state index in [0.717, 1.165) is 0 Å². The summed E-state index contributed by atoms with van der Waals surface area (Å²) in [6, 6.07) is 5.90. The van der Waals surface area contributed by atoms with Gasteiger partial charge in [-0.15, -0.1) is 5.06 Å². The number of amides is 1. The molecular weight excluding hydrogens is 266 g/mol. The fraction of sp³-hybridized carbons (Fsp3) is 0.308. The molecule has 0 aliphatic carbocycles. The average Bonchev–Trinajstić information content (AvgIpc) is 2.78. The monoisotopic (exact) mass is 279 g/mol. The van der Waals surface area contributed by atoms with Crippen LogP contribution < -0.4 is 0 Å². The maximum atomic E-state index is 12.0. The van der Waals surface area contributed by atoms with Crippen molar-refractivity contribution in [2.75, 3.05) is 7.11 Å². The second-order valence-electron chi connectivity index (χ2n) is 4.15. The Bertz CT molecular complexity index is 556. The Kier molecular flexibility index (Phi) is 3.99. The Morgan fingerprint density at radius 2 is 1.85 bits per heavy atom. The van der Waals surface area contributed by atoms with Crippen LogP contribution in [0.5, 0.6) is 0 Å². The second kappa shape index (κ2) is 5.70. The van der Waals surface area contributed by atoms with Gasteiger partial charge in [0.1, 0.15) is 0 Å². The molecule has 1 atom stereocenters. The van der Waals surface area contributed by atoms with E-state index in [-0.39, 0.29) is 24.0 Å². The highest BCUT2D eigenvalue weighted by Gasteiger charge is 2.34. The first-order valence-electron chi connectivity index (χ1n) is 5.94. The summed E-state index contributed by atoms with van der Waals surface area (Å²) < 4.78 is 4.56. The van der Waals surface area contributed by atoms with Crippen LogP contribution in [0.3, 0.4) is 0 Å². The number of nitrogens with zero attached hydrogens (tertiary/aromatic N) is 1. The summed E-state index contributed by atoms with van der Waals surface area (Å²) in [6.45, 7) is 0. The number of benzene rings is 1. The number of hydrogen-bond acceptors (Lipinski definition) is 6. The van der Waals surface area contributed by atoms with Crippen LogP contribution in [0.2, 0.25) is 0 Å². The Labute approximate surface area is 114 Å². The third kappa shape index (κ3) is 2.62. The number of ether oxygens (including phenoxy) is 1. The van der Waals surface area contributed by atoms with Crippen molar-refractivity contribution in [2.45, 2.75) is 19.1 Å². The lowest BCUT2D eigenvalue weighted by atomic mass is 10.1. The summed E-state index contributed by atoms with van der Waals surface area (Å²) in [5.41, 5.74) is -0.00705. The summed E-state index contributed by atoms with van der Waals surface area (Å²) >= 11 is 0. The van der Waals surface area contributed by atoms with Crippen LogP contribution in [-0.2, 0) is 14.4 Å². The van der Waals surface area contributed by atoms with E-state index in [1.807, 2.05) is 0 Å². The minimum atomic E-state index is -1.16. The number of rotatable bonds is 3. The minimum absolute atomic E-state index is 0.0288. The highest BCUT2D eigenvalue weighted by molar-refractivity contribution is 6.03. The first-order chi connectivity index (χ1) is 9.54. The van der Waals surface area contributed by atoms with Crippen LogP contribution in [0.25, 0.3) is 0 Å². The van der Waals surface area contributed by atoms with E-state index >= 15 is 0 Å². The molecule has 1 N–H and O–H groups in total. The molecule has 7 nitrogen and oxygen atoms in total. The Morgan fingerprint density at radius 1 is 1.25 bits per heavy atom. The number of carbonyl (C=O) groups excluding carboxylic acids is 3. The summed E-state index contributed by atoms with van der Waals surface area (Å²) in [7, 11) is 1.19. The van der Waals surface area contributed by atoms with Crippen molar-refractivity contribution in [3.05, 3.63) is 35.4 Å². The minimum Gasteiger partial charge on any atom is -0.465 e. The van der Waals surface area contributed by atoms with Gasteiger partial charge in [-0.3, -0.25) is 4.79 Å². The van der Waals surface area contributed by atoms with Gasteiger partial charge >= 0.3 is 11.9 Å². The summed E-state index contributed by atoms with van der Waals surface area (Å²) in [4.78, 5) is 39.8. The number of hydrogen-bond donors (Lipinski definition) is 1. The van der Waals surface area contributed by atoms with Gasteiger partial charge in [0.2, 0.25) is 0 Å². The zero-order chi connectivity index (χ0) is 14.7. The fourth-order valence-corrected chi connectivity index (χ4v) is 1.85. The van der Waals surface area contributed by atoms with Crippen LogP contribution in [0, 0.1) is 0 Å². The van der Waals surface area contributed by atoms with Crippen LogP contribution in [-0.4, -0.2) is 41.4 Å². The zero-order valence-electron chi connectivity index (χ0n) is 10.7. The molecular formula is C13H13NO6. The van der Waals surface area contributed by atoms with Crippen molar-refractivity contribution in [3.8, 4) is 0 Å². The van der Waals surface area contributed by atoms with Crippen molar-refractivity contribution in [2.24, 2.45) is 0 Å². The number of aliphatic hydroxyl groups excluding tert-OH is 1. The number of aliphatic hydroxyl groups is 1. The van der Waals surface area contributed by atoms with E-state index in [2.05, 4.69) is 4.74 Å². The standard InChI is InChI=1S/C13H13NO6/c1-19-12(17)8-4-2-3-5-9(8)13(18)20-14-10(15)6-7-11(14)16/h2-5,10,15H,6-7H2,1H3. The van der Waals surface area contributed by atoms with Crippen molar-refractivity contribution >= 4 is 17.8 Å². The second-order valence-corrected chi connectivity index (χ2v) is 4.15. The quantitative estimate of drug-likeness (QED) is 0.809. The van der Waals surface area contributed by atoms with Crippen molar-refractivity contribution in [1.82, 2.24) is 5.06 Å². The molecule has 1 amide bonds. The maximum Gasteiger partial charge on any atom is 0.364 e. The first-order valence-corrected chi connectivity index (χ1v) is 5.94. The largest absolute Gasteiger partial charge is 0.465 e. The van der Waals surface area contributed by atoms with Crippen molar-refractivity contribution < 1.29 is 29.1 Å². The highest BCUT2D eigenvalue weighted by atomic mass is 16.7. The number of esters is 1. The molecule has 1 fully saturated rings. The van der Waals surface area contributed by atoms with Crippen LogP contribution >= 0.6 is 0 Å². The van der Waals surface area contributed by atoms with E-state index in [9.17, 15) is 19.5 Å². The lowest BCUT2D eigenvalue weighted by molar-refractivity contribution is -0.191. The van der Waals surface area contributed by atoms with Crippen molar-refractivity contribution in [3.63, 3.8) is 0 Å². The predicted octanol–water partition coefficient (Wildman–Crippen LogP) is 0.486. The number of hydroxylamine groups is 2. The summed E-state index contributed by atoms with van der Waals surface area (Å²) in [6.07, 6.45) is -0.852. The van der Waals surface area contributed by atoms with Gasteiger partial charge in [-0.25, -0.2) is 9.59 Å².